The van der Waals surface area contributed by atoms with E-state index in [-0.39, 0.29) is 7.43 Å². The third-order valence-electron chi connectivity index (χ3n) is 1.63. The molecule has 1 nitrogen and oxygen atoms in total. The molecule has 1 fully saturated rings. The summed E-state index contributed by atoms with van der Waals surface area (Å²) in [4.78, 5) is 0. The van der Waals surface area contributed by atoms with E-state index in [1.165, 1.54) is 25.9 Å². The Hall–Kier alpha value is -0.0400. The smallest absolute Gasteiger partial charge is 0.00464 e. The zero-order valence-electron chi connectivity index (χ0n) is 4.91. The van der Waals surface area contributed by atoms with Crippen LogP contribution >= 0.6 is 0 Å². The van der Waals surface area contributed by atoms with Gasteiger partial charge in [0, 0.05) is 0 Å². The van der Waals surface area contributed by atoms with Crippen molar-refractivity contribution in [2.45, 2.75) is 27.2 Å². The lowest BCUT2D eigenvalue weighted by molar-refractivity contribution is 0.402. The molecule has 0 aromatic heterocycles. The Morgan fingerprint density at radius 1 is 1.25 bits per heavy atom. The largest absolute Gasteiger partial charge is 0.317 e. The molecule has 1 aliphatic rings. The maximum atomic E-state index is 3.32. The van der Waals surface area contributed by atoms with E-state index in [1.54, 1.807) is 0 Å². The van der Waals surface area contributed by atoms with Crippen LogP contribution in [0.15, 0.2) is 0 Å². The van der Waals surface area contributed by atoms with Gasteiger partial charge < -0.3 is 5.32 Å². The third-order valence-corrected chi connectivity index (χ3v) is 1.63. The summed E-state index contributed by atoms with van der Waals surface area (Å²) in [6.45, 7) is 4.79. The lowest BCUT2D eigenvalue weighted by atomic mass is 10.0. The van der Waals surface area contributed by atoms with E-state index in [0.29, 0.717) is 0 Å². The summed E-state index contributed by atoms with van der Waals surface area (Å²) in [7, 11) is 0. The summed E-state index contributed by atoms with van der Waals surface area (Å²) in [5.41, 5.74) is 0. The van der Waals surface area contributed by atoms with Gasteiger partial charge in [-0.25, -0.2) is 0 Å². The second-order valence-electron chi connectivity index (χ2n) is 2.43. The molecule has 8 heavy (non-hydrogen) atoms. The van der Waals surface area contributed by atoms with Crippen molar-refractivity contribution < 1.29 is 0 Å². The maximum Gasteiger partial charge on any atom is -0.00464 e. The van der Waals surface area contributed by atoms with Crippen molar-refractivity contribution in [1.29, 1.82) is 0 Å². The minimum absolute atomic E-state index is 0. The highest BCUT2D eigenvalue weighted by atomic mass is 14.9. The fourth-order valence-corrected chi connectivity index (χ4v) is 0.966. The highest BCUT2D eigenvalue weighted by molar-refractivity contribution is 4.62. The molecule has 1 rings (SSSR count). The molecule has 50 valence electrons. The monoisotopic (exact) mass is 115 g/mol. The van der Waals surface area contributed by atoms with Gasteiger partial charge in [0.05, 0.1) is 0 Å². The van der Waals surface area contributed by atoms with Crippen LogP contribution in [0.4, 0.5) is 0 Å². The Morgan fingerprint density at radius 3 is 2.00 bits per heavy atom. The number of rotatable bonds is 0. The number of nitrogens with one attached hydrogen (secondary N) is 1. The van der Waals surface area contributed by atoms with Crippen LogP contribution in [0, 0.1) is 5.92 Å². The molecular formula is C7H17N. The maximum absolute atomic E-state index is 3.32. The average molecular weight is 115 g/mol. The van der Waals surface area contributed by atoms with Gasteiger partial charge in [0.2, 0.25) is 0 Å². The molecule has 0 amide bonds. The summed E-state index contributed by atoms with van der Waals surface area (Å²) in [6.07, 6.45) is 2.75. The zero-order valence-corrected chi connectivity index (χ0v) is 4.91. The molecule has 0 saturated carbocycles. The van der Waals surface area contributed by atoms with E-state index < -0.39 is 0 Å². The van der Waals surface area contributed by atoms with E-state index >= 15 is 0 Å². The molecule has 0 unspecified atom stereocenters. The molecular weight excluding hydrogens is 98.1 g/mol. The number of hydrogen-bond acceptors (Lipinski definition) is 1. The van der Waals surface area contributed by atoms with Crippen molar-refractivity contribution in [3.63, 3.8) is 0 Å². The van der Waals surface area contributed by atoms with Gasteiger partial charge in [0.25, 0.3) is 0 Å². The zero-order chi connectivity index (χ0) is 5.11. The van der Waals surface area contributed by atoms with Crippen molar-refractivity contribution in [3.05, 3.63) is 0 Å². The minimum Gasteiger partial charge on any atom is -0.317 e. The first kappa shape index (κ1) is 7.96. The van der Waals surface area contributed by atoms with Crippen LogP contribution < -0.4 is 5.32 Å². The van der Waals surface area contributed by atoms with Crippen LogP contribution in [0.5, 0.6) is 0 Å². The van der Waals surface area contributed by atoms with E-state index in [4.69, 9.17) is 0 Å². The highest BCUT2D eigenvalue weighted by Crippen LogP contribution is 2.08. The van der Waals surface area contributed by atoms with Gasteiger partial charge in [-0.15, -0.1) is 0 Å². The van der Waals surface area contributed by atoms with Crippen LogP contribution in [0.3, 0.4) is 0 Å². The molecule has 1 heteroatoms. The predicted octanol–water partition coefficient (Wildman–Crippen LogP) is 1.64. The van der Waals surface area contributed by atoms with Crippen LogP contribution in [0.1, 0.15) is 27.2 Å². The van der Waals surface area contributed by atoms with Gasteiger partial charge >= 0.3 is 0 Å². The van der Waals surface area contributed by atoms with Crippen molar-refractivity contribution in [1.82, 2.24) is 5.32 Å². The van der Waals surface area contributed by atoms with Crippen molar-refractivity contribution in [3.8, 4) is 0 Å². The first-order chi connectivity index (χ1) is 3.39. The lowest BCUT2D eigenvalue weighted by Crippen LogP contribution is -2.26. The first-order valence-electron chi connectivity index (χ1n) is 3.10. The Balaban J connectivity index is 0.000000490. The van der Waals surface area contributed by atoms with Gasteiger partial charge in [0.1, 0.15) is 0 Å². The van der Waals surface area contributed by atoms with Crippen LogP contribution in [0.2, 0.25) is 0 Å². The summed E-state index contributed by atoms with van der Waals surface area (Å²) >= 11 is 0. The fourth-order valence-electron chi connectivity index (χ4n) is 0.966. The second-order valence-corrected chi connectivity index (χ2v) is 2.43. The van der Waals surface area contributed by atoms with E-state index in [9.17, 15) is 0 Å². The van der Waals surface area contributed by atoms with Gasteiger partial charge in [-0.3, -0.25) is 0 Å². The quantitative estimate of drug-likeness (QED) is 0.506. The average Bonchev–Trinajstić information content (AvgIpc) is 1.69. The van der Waals surface area contributed by atoms with Crippen LogP contribution in [-0.4, -0.2) is 13.1 Å². The Morgan fingerprint density at radius 2 is 1.75 bits per heavy atom. The summed E-state index contributed by atoms with van der Waals surface area (Å²) in [6, 6.07) is 0. The highest BCUT2D eigenvalue weighted by Gasteiger charge is 2.04. The number of piperidine rings is 1. The Kier molecular flexibility index (Phi) is 3.88. The molecule has 0 bridgehead atoms. The van der Waals surface area contributed by atoms with Crippen molar-refractivity contribution in [2.75, 3.05) is 13.1 Å². The molecule has 0 aromatic carbocycles. The fraction of sp³-hybridized carbons (Fsp3) is 1.00. The normalized spacial score (nSPS) is 22.1. The molecule has 0 spiro atoms. The molecule has 1 heterocycles. The predicted molar refractivity (Wildman–Crippen MR) is 38.0 cm³/mol. The molecule has 0 atom stereocenters. The Labute approximate surface area is 52.5 Å². The van der Waals surface area contributed by atoms with E-state index in [2.05, 4.69) is 12.2 Å². The van der Waals surface area contributed by atoms with E-state index in [0.717, 1.165) is 5.92 Å². The second kappa shape index (κ2) is 3.90. The van der Waals surface area contributed by atoms with Gasteiger partial charge in [-0.1, -0.05) is 14.4 Å². The van der Waals surface area contributed by atoms with Crippen LogP contribution in [0.25, 0.3) is 0 Å². The molecule has 0 aliphatic carbocycles. The van der Waals surface area contributed by atoms with Gasteiger partial charge in [-0.05, 0) is 31.8 Å². The van der Waals surface area contributed by atoms with Gasteiger partial charge in [0.15, 0.2) is 0 Å². The summed E-state index contributed by atoms with van der Waals surface area (Å²) in [5.74, 6) is 0.973. The molecule has 0 radical (unpaired) electrons. The third kappa shape index (κ3) is 2.31. The van der Waals surface area contributed by atoms with Gasteiger partial charge in [-0.2, -0.15) is 0 Å². The number of hydrogen-bond donors (Lipinski definition) is 1. The van der Waals surface area contributed by atoms with E-state index in [1.807, 2.05) is 0 Å². The summed E-state index contributed by atoms with van der Waals surface area (Å²) < 4.78 is 0. The molecule has 0 aromatic rings. The minimum atomic E-state index is 0. The topological polar surface area (TPSA) is 12.0 Å². The standard InChI is InChI=1S/C6H13N.CH4/c1-6-2-4-7-5-3-6;/h6-7H,2-5H2,1H3;1H4. The first-order valence-corrected chi connectivity index (χ1v) is 3.10. The Bertz CT molecular complexity index is 46.3. The van der Waals surface area contributed by atoms with Crippen LogP contribution in [-0.2, 0) is 0 Å². The molecule has 1 saturated heterocycles. The lowest BCUT2D eigenvalue weighted by Gasteiger charge is -2.17. The van der Waals surface area contributed by atoms with Crippen molar-refractivity contribution in [2.24, 2.45) is 5.92 Å². The molecule has 1 aliphatic heterocycles. The van der Waals surface area contributed by atoms with Crippen molar-refractivity contribution >= 4 is 0 Å². The SMILES string of the molecule is C.CC1CCNCC1. The summed E-state index contributed by atoms with van der Waals surface area (Å²) in [5, 5.41) is 3.32. The molecule has 1 N–H and O–H groups in total.